The Morgan fingerprint density at radius 2 is 1.57 bits per heavy atom. The quantitative estimate of drug-likeness (QED) is 0.160. The summed E-state index contributed by atoms with van der Waals surface area (Å²) in [5, 5.41) is 18.1. The average molecular weight is 545 g/mol. The first-order chi connectivity index (χ1) is 19.6. The lowest BCUT2D eigenvalue weighted by molar-refractivity contribution is -0.117. The number of nitriles is 1. The summed E-state index contributed by atoms with van der Waals surface area (Å²) in [7, 11) is 0. The zero-order chi connectivity index (χ0) is 27.7. The van der Waals surface area contributed by atoms with E-state index in [1.807, 2.05) is 121 Å². The van der Waals surface area contributed by atoms with Crippen LogP contribution in [0.15, 0.2) is 121 Å². The molecule has 1 heterocycles. The molecule has 40 heavy (non-hydrogen) atoms. The van der Waals surface area contributed by atoms with E-state index in [9.17, 15) is 10.1 Å². The Hall–Kier alpha value is -5.12. The van der Waals surface area contributed by atoms with Crippen molar-refractivity contribution < 1.29 is 9.53 Å². The smallest absolute Gasteiger partial charge is 0.262 e. The molecule has 0 spiro atoms. The van der Waals surface area contributed by atoms with Gasteiger partial charge in [-0.15, -0.1) is 0 Å². The van der Waals surface area contributed by atoms with Gasteiger partial charge >= 0.3 is 0 Å². The fourth-order valence-corrected chi connectivity index (χ4v) is 4.19. The number of amides is 1. The summed E-state index contributed by atoms with van der Waals surface area (Å²) >= 11 is 5.96. The van der Waals surface area contributed by atoms with Crippen LogP contribution in [0.5, 0.6) is 5.75 Å². The molecular weight excluding hydrogens is 520 g/mol. The number of rotatable bonds is 9. The summed E-state index contributed by atoms with van der Waals surface area (Å²) in [6.07, 6.45) is 3.39. The van der Waals surface area contributed by atoms with Crippen LogP contribution in [0.25, 0.3) is 23.0 Å². The first-order valence-electron chi connectivity index (χ1n) is 12.7. The van der Waals surface area contributed by atoms with Gasteiger partial charge in [0.05, 0.1) is 11.4 Å². The Bertz CT molecular complexity index is 1650. The van der Waals surface area contributed by atoms with Gasteiger partial charge in [0.15, 0.2) is 0 Å². The highest BCUT2D eigenvalue weighted by Crippen LogP contribution is 2.28. The van der Waals surface area contributed by atoms with E-state index in [1.165, 1.54) is 0 Å². The number of benzene rings is 4. The van der Waals surface area contributed by atoms with E-state index in [0.717, 1.165) is 22.4 Å². The fourth-order valence-electron chi connectivity index (χ4n) is 4.06. The van der Waals surface area contributed by atoms with Gasteiger partial charge in [-0.1, -0.05) is 72.3 Å². The second-order valence-electron chi connectivity index (χ2n) is 8.99. The van der Waals surface area contributed by atoms with Gasteiger partial charge in [0, 0.05) is 28.9 Å². The molecule has 6 nitrogen and oxygen atoms in total. The highest BCUT2D eigenvalue weighted by Gasteiger charge is 2.15. The van der Waals surface area contributed by atoms with Gasteiger partial charge in [-0.3, -0.25) is 4.79 Å². The number of carbonyl (C=O) groups is 1. The van der Waals surface area contributed by atoms with E-state index >= 15 is 0 Å². The molecule has 0 radical (unpaired) electrons. The van der Waals surface area contributed by atoms with Gasteiger partial charge in [-0.2, -0.15) is 10.4 Å². The second kappa shape index (κ2) is 12.6. The number of aromatic nitrogens is 2. The van der Waals surface area contributed by atoms with Crippen LogP contribution in [-0.2, 0) is 17.9 Å². The average Bonchev–Trinajstić information content (AvgIpc) is 3.43. The van der Waals surface area contributed by atoms with Crippen LogP contribution < -0.4 is 10.1 Å². The van der Waals surface area contributed by atoms with Gasteiger partial charge in [0.1, 0.15) is 24.0 Å². The molecule has 0 saturated heterocycles. The van der Waals surface area contributed by atoms with Crippen molar-refractivity contribution in [2.24, 2.45) is 0 Å². The van der Waals surface area contributed by atoms with E-state index in [0.29, 0.717) is 35.2 Å². The first kappa shape index (κ1) is 26.5. The topological polar surface area (TPSA) is 79.9 Å². The molecule has 0 unspecified atom stereocenters. The maximum Gasteiger partial charge on any atom is 0.262 e. The third-order valence-electron chi connectivity index (χ3n) is 6.17. The van der Waals surface area contributed by atoms with Gasteiger partial charge in [0.25, 0.3) is 5.91 Å². The number of hydrogen-bond acceptors (Lipinski definition) is 4. The molecule has 0 aliphatic rings. The maximum absolute atomic E-state index is 12.9. The molecule has 7 heteroatoms. The van der Waals surface area contributed by atoms with Crippen molar-refractivity contribution in [2.45, 2.75) is 13.2 Å². The van der Waals surface area contributed by atoms with E-state index < -0.39 is 5.91 Å². The van der Waals surface area contributed by atoms with Crippen LogP contribution >= 0.6 is 11.6 Å². The van der Waals surface area contributed by atoms with E-state index in [1.54, 1.807) is 10.8 Å². The van der Waals surface area contributed by atoms with E-state index in [-0.39, 0.29) is 5.57 Å². The summed E-state index contributed by atoms with van der Waals surface area (Å²) in [5.41, 5.74) is 4.91. The van der Waals surface area contributed by atoms with Crippen molar-refractivity contribution in [2.75, 3.05) is 0 Å². The van der Waals surface area contributed by atoms with Gasteiger partial charge in [0.2, 0.25) is 0 Å². The molecule has 1 N–H and O–H groups in total. The van der Waals surface area contributed by atoms with E-state index in [4.69, 9.17) is 21.4 Å². The minimum atomic E-state index is -0.448. The second-order valence-corrected chi connectivity index (χ2v) is 9.43. The number of nitrogens with one attached hydrogen (secondary N) is 1. The highest BCUT2D eigenvalue weighted by molar-refractivity contribution is 6.30. The highest BCUT2D eigenvalue weighted by atomic mass is 35.5. The van der Waals surface area contributed by atoms with Crippen molar-refractivity contribution in [3.8, 4) is 28.8 Å². The molecule has 0 aliphatic carbocycles. The molecule has 5 aromatic rings. The Labute approximate surface area is 237 Å². The number of ether oxygens (including phenoxy) is 1. The predicted octanol–water partition coefficient (Wildman–Crippen LogP) is 7.00. The van der Waals surface area contributed by atoms with E-state index in [2.05, 4.69) is 5.32 Å². The third kappa shape index (κ3) is 6.65. The fraction of sp³-hybridized carbons (Fsp3) is 0.0606. The molecule has 1 amide bonds. The minimum Gasteiger partial charge on any atom is -0.489 e. The normalized spacial score (nSPS) is 11.1. The Balaban J connectivity index is 1.40. The number of carbonyl (C=O) groups excluding carboxylic acids is 1. The molecule has 4 aromatic carbocycles. The summed E-state index contributed by atoms with van der Waals surface area (Å²) in [6, 6.07) is 36.3. The summed E-state index contributed by atoms with van der Waals surface area (Å²) < 4.78 is 7.67. The molecule has 196 valence electrons. The van der Waals surface area contributed by atoms with Crippen LogP contribution in [0, 0.1) is 11.3 Å². The monoisotopic (exact) mass is 544 g/mol. The van der Waals surface area contributed by atoms with Crippen molar-refractivity contribution in [1.29, 1.82) is 5.26 Å². The van der Waals surface area contributed by atoms with Crippen LogP contribution in [0.1, 0.15) is 16.7 Å². The molecule has 0 fully saturated rings. The van der Waals surface area contributed by atoms with Gasteiger partial charge in [-0.05, 0) is 65.7 Å². The number of hydrogen-bond donors (Lipinski definition) is 1. The Kier molecular flexibility index (Phi) is 8.35. The maximum atomic E-state index is 12.9. The predicted molar refractivity (Wildman–Crippen MR) is 157 cm³/mol. The standard InChI is InChI=1S/C33H25ClN4O2/c34-29-15-11-25(12-16-29)23-40-31-17-13-26(14-18-31)32-28(22-38(37-32)30-9-5-2-6-10-30)19-27(20-35)33(39)36-21-24-7-3-1-4-8-24/h1-19,22H,21,23H2,(H,36,39)/b27-19+. The summed E-state index contributed by atoms with van der Waals surface area (Å²) in [6.45, 7) is 0.739. The molecule has 0 atom stereocenters. The van der Waals surface area contributed by atoms with Crippen LogP contribution in [0.3, 0.4) is 0 Å². The SMILES string of the molecule is N#C/C(=C\c1cn(-c2ccccc2)nc1-c1ccc(OCc2ccc(Cl)cc2)cc1)C(=O)NCc1ccccc1. The number of para-hydroxylation sites is 1. The number of halogens is 1. The minimum absolute atomic E-state index is 0.00675. The summed E-state index contributed by atoms with van der Waals surface area (Å²) in [5.74, 6) is 0.256. The molecule has 0 bridgehead atoms. The van der Waals surface area contributed by atoms with Crippen molar-refractivity contribution in [3.63, 3.8) is 0 Å². The van der Waals surface area contributed by atoms with Crippen molar-refractivity contribution in [3.05, 3.63) is 143 Å². The lowest BCUT2D eigenvalue weighted by atomic mass is 10.1. The molecule has 1 aromatic heterocycles. The van der Waals surface area contributed by atoms with Gasteiger partial charge in [-0.25, -0.2) is 4.68 Å². The number of nitrogens with zero attached hydrogens (tertiary/aromatic N) is 3. The van der Waals surface area contributed by atoms with Crippen molar-refractivity contribution in [1.82, 2.24) is 15.1 Å². The summed E-state index contributed by atoms with van der Waals surface area (Å²) in [4.78, 5) is 12.9. The Morgan fingerprint density at radius 3 is 2.25 bits per heavy atom. The lowest BCUT2D eigenvalue weighted by Crippen LogP contribution is -2.23. The first-order valence-corrected chi connectivity index (χ1v) is 13.0. The van der Waals surface area contributed by atoms with Crippen LogP contribution in [0.4, 0.5) is 0 Å². The molecule has 5 rings (SSSR count). The van der Waals surface area contributed by atoms with Crippen LogP contribution in [0.2, 0.25) is 5.02 Å². The van der Waals surface area contributed by atoms with Gasteiger partial charge < -0.3 is 10.1 Å². The largest absolute Gasteiger partial charge is 0.489 e. The molecular formula is C33H25ClN4O2. The van der Waals surface area contributed by atoms with Crippen LogP contribution in [-0.4, -0.2) is 15.7 Å². The van der Waals surface area contributed by atoms with Crippen molar-refractivity contribution >= 4 is 23.6 Å². The molecule has 0 aliphatic heterocycles. The molecule has 0 saturated carbocycles. The third-order valence-corrected chi connectivity index (χ3v) is 6.42. The zero-order valence-electron chi connectivity index (χ0n) is 21.5. The lowest BCUT2D eigenvalue weighted by Gasteiger charge is -2.08. The Morgan fingerprint density at radius 1 is 0.900 bits per heavy atom. The zero-order valence-corrected chi connectivity index (χ0v) is 22.3.